The number of sulfonamides is 1. The third kappa shape index (κ3) is 4.18. The number of hydrogen-bond donors (Lipinski definition) is 1. The fourth-order valence-electron chi connectivity index (χ4n) is 3.95. The van der Waals surface area contributed by atoms with Crippen LogP contribution in [0.15, 0.2) is 51.4 Å². The fraction of sp³-hybridized carbons (Fsp3) is 0.381. The van der Waals surface area contributed by atoms with Crippen LogP contribution in [-0.4, -0.2) is 54.3 Å². The Morgan fingerprint density at radius 1 is 1.14 bits per heavy atom. The van der Waals surface area contributed by atoms with Crippen LogP contribution in [-0.2, 0) is 37.2 Å². The van der Waals surface area contributed by atoms with Gasteiger partial charge in [0.2, 0.25) is 10.0 Å². The van der Waals surface area contributed by atoms with Gasteiger partial charge in [0.25, 0.3) is 5.56 Å². The highest BCUT2D eigenvalue weighted by Crippen LogP contribution is 2.37. The zero-order chi connectivity index (χ0) is 25.0. The lowest BCUT2D eigenvalue weighted by molar-refractivity contribution is 0.393. The number of halogens is 1. The van der Waals surface area contributed by atoms with E-state index < -0.39 is 33.5 Å². The molecule has 5 rings (SSSR count). The molecule has 1 fully saturated rings. The lowest BCUT2D eigenvalue weighted by Crippen LogP contribution is -2.41. The second-order valence-corrected chi connectivity index (χ2v) is 10.5. The van der Waals surface area contributed by atoms with E-state index in [1.54, 1.807) is 35.7 Å². The maximum absolute atomic E-state index is 13.4. The molecule has 12 nitrogen and oxygen atoms in total. The summed E-state index contributed by atoms with van der Waals surface area (Å²) in [5, 5.41) is 12.0. The number of rotatable bonds is 8. The Morgan fingerprint density at radius 2 is 1.91 bits per heavy atom. The SMILES string of the molecule is Cn1cc(Cn2c(=O)c3cc(S(=O)(=O)NC4(CF)CC4)ccc3n(Cc3nncn3C)c2=O)cn1. The van der Waals surface area contributed by atoms with Gasteiger partial charge >= 0.3 is 5.69 Å². The van der Waals surface area contributed by atoms with E-state index in [4.69, 9.17) is 0 Å². The van der Waals surface area contributed by atoms with Crippen molar-refractivity contribution in [1.29, 1.82) is 0 Å². The van der Waals surface area contributed by atoms with Gasteiger partial charge in [-0.15, -0.1) is 10.2 Å². The van der Waals surface area contributed by atoms with Crippen molar-refractivity contribution in [1.82, 2.24) is 38.4 Å². The van der Waals surface area contributed by atoms with E-state index in [-0.39, 0.29) is 28.9 Å². The zero-order valence-corrected chi connectivity index (χ0v) is 19.9. The van der Waals surface area contributed by atoms with E-state index in [9.17, 15) is 22.4 Å². The Kier molecular flexibility index (Phi) is 5.44. The minimum Gasteiger partial charge on any atom is -0.319 e. The molecule has 1 saturated carbocycles. The van der Waals surface area contributed by atoms with Crippen LogP contribution in [0, 0.1) is 0 Å². The molecule has 1 aliphatic carbocycles. The maximum Gasteiger partial charge on any atom is 0.332 e. The first-order valence-corrected chi connectivity index (χ1v) is 12.3. The Labute approximate surface area is 198 Å². The van der Waals surface area contributed by atoms with Gasteiger partial charge in [0.1, 0.15) is 13.0 Å². The van der Waals surface area contributed by atoms with E-state index in [0.29, 0.717) is 24.2 Å². The Balaban J connectivity index is 1.69. The van der Waals surface area contributed by atoms with Crippen molar-refractivity contribution in [3.05, 3.63) is 69.1 Å². The molecule has 0 spiro atoms. The van der Waals surface area contributed by atoms with Gasteiger partial charge in [0.15, 0.2) is 5.82 Å². The molecule has 1 N–H and O–H groups in total. The minimum atomic E-state index is -4.09. The molecule has 35 heavy (non-hydrogen) atoms. The molecular weight excluding hydrogens is 479 g/mol. The first-order chi connectivity index (χ1) is 16.6. The first-order valence-electron chi connectivity index (χ1n) is 10.8. The summed E-state index contributed by atoms with van der Waals surface area (Å²) in [6, 6.07) is 3.93. The number of hydrogen-bond acceptors (Lipinski definition) is 7. The Morgan fingerprint density at radius 3 is 2.51 bits per heavy atom. The Bertz CT molecular complexity index is 1660. The van der Waals surface area contributed by atoms with E-state index in [1.807, 2.05) is 0 Å². The summed E-state index contributed by atoms with van der Waals surface area (Å²) in [6.07, 6.45) is 5.53. The van der Waals surface area contributed by atoms with Crippen LogP contribution in [0.1, 0.15) is 24.2 Å². The van der Waals surface area contributed by atoms with E-state index >= 15 is 0 Å². The molecule has 3 heterocycles. The second kappa shape index (κ2) is 8.23. The summed E-state index contributed by atoms with van der Waals surface area (Å²) in [7, 11) is -0.648. The lowest BCUT2D eigenvalue weighted by Gasteiger charge is -2.16. The summed E-state index contributed by atoms with van der Waals surface area (Å²) < 4.78 is 47.2. The van der Waals surface area contributed by atoms with E-state index in [0.717, 1.165) is 4.57 Å². The quantitative estimate of drug-likeness (QED) is 0.355. The predicted octanol–water partition coefficient (Wildman–Crippen LogP) is -0.0978. The molecule has 0 aliphatic heterocycles. The summed E-state index contributed by atoms with van der Waals surface area (Å²) in [5.41, 5.74) is -1.45. The molecule has 0 radical (unpaired) electrons. The molecule has 1 aromatic carbocycles. The van der Waals surface area contributed by atoms with E-state index in [2.05, 4.69) is 20.0 Å². The number of alkyl halides is 1. The molecule has 0 saturated heterocycles. The molecule has 184 valence electrons. The average molecular weight is 503 g/mol. The summed E-state index contributed by atoms with van der Waals surface area (Å²) in [5.74, 6) is 0.469. The average Bonchev–Trinajstić information content (AvgIpc) is 3.27. The Hall–Kier alpha value is -3.65. The number of fused-ring (bicyclic) bond motifs is 1. The van der Waals surface area contributed by atoms with Gasteiger partial charge in [0, 0.05) is 25.9 Å². The standard InChI is InChI=1S/C21H23FN8O4S/c1-27-13-23-25-18(27)11-29-17-4-3-15(35(33,34)26-21(12-22)5-6-21)7-16(17)19(31)30(20(29)32)10-14-8-24-28(2)9-14/h3-4,7-9,13,26H,5-6,10-12H2,1-2H3. The van der Waals surface area contributed by atoms with Gasteiger partial charge in [-0.2, -0.15) is 5.10 Å². The molecule has 0 bridgehead atoms. The van der Waals surface area contributed by atoms with Crippen molar-refractivity contribution in [2.24, 2.45) is 14.1 Å². The van der Waals surface area contributed by atoms with Crippen molar-refractivity contribution in [3.8, 4) is 0 Å². The molecule has 0 amide bonds. The van der Waals surface area contributed by atoms with Crippen molar-refractivity contribution in [2.75, 3.05) is 6.67 Å². The topological polar surface area (TPSA) is 139 Å². The van der Waals surface area contributed by atoms with Gasteiger partial charge in [-0.1, -0.05) is 0 Å². The molecule has 1 aliphatic rings. The van der Waals surface area contributed by atoms with Gasteiger partial charge < -0.3 is 4.57 Å². The van der Waals surface area contributed by atoms with Crippen LogP contribution in [0.4, 0.5) is 4.39 Å². The summed E-state index contributed by atoms with van der Waals surface area (Å²) in [4.78, 5) is 26.7. The van der Waals surface area contributed by atoms with Gasteiger partial charge in [-0.25, -0.2) is 22.3 Å². The summed E-state index contributed by atoms with van der Waals surface area (Å²) in [6.45, 7) is -0.857. The lowest BCUT2D eigenvalue weighted by atomic mass is 10.2. The highest BCUT2D eigenvalue weighted by atomic mass is 32.2. The maximum atomic E-state index is 13.4. The van der Waals surface area contributed by atoms with Crippen LogP contribution in [0.3, 0.4) is 0 Å². The third-order valence-electron chi connectivity index (χ3n) is 6.17. The largest absolute Gasteiger partial charge is 0.332 e. The molecule has 3 aromatic heterocycles. The van der Waals surface area contributed by atoms with Crippen LogP contribution < -0.4 is 16.0 Å². The third-order valence-corrected chi connectivity index (χ3v) is 7.75. The van der Waals surface area contributed by atoms with Crippen molar-refractivity contribution < 1.29 is 12.8 Å². The van der Waals surface area contributed by atoms with Crippen molar-refractivity contribution >= 4 is 20.9 Å². The molecular formula is C21H23FN8O4S. The molecule has 4 aromatic rings. The van der Waals surface area contributed by atoms with Crippen LogP contribution in [0.2, 0.25) is 0 Å². The van der Waals surface area contributed by atoms with Crippen molar-refractivity contribution in [3.63, 3.8) is 0 Å². The number of benzene rings is 1. The normalized spacial score (nSPS) is 15.1. The minimum absolute atomic E-state index is 0.00839. The molecule has 0 atom stereocenters. The van der Waals surface area contributed by atoms with Crippen LogP contribution in [0.5, 0.6) is 0 Å². The number of aryl methyl sites for hydroxylation is 2. The number of aromatic nitrogens is 7. The van der Waals surface area contributed by atoms with Gasteiger partial charge in [0.05, 0.1) is 40.6 Å². The van der Waals surface area contributed by atoms with Crippen molar-refractivity contribution in [2.45, 2.75) is 36.4 Å². The smallest absolute Gasteiger partial charge is 0.319 e. The highest BCUT2D eigenvalue weighted by molar-refractivity contribution is 7.89. The van der Waals surface area contributed by atoms with Gasteiger partial charge in [-0.05, 0) is 31.0 Å². The molecule has 0 unspecified atom stereocenters. The number of nitrogens with zero attached hydrogens (tertiary/aromatic N) is 7. The summed E-state index contributed by atoms with van der Waals surface area (Å²) >= 11 is 0. The monoisotopic (exact) mass is 502 g/mol. The zero-order valence-electron chi connectivity index (χ0n) is 19.0. The predicted molar refractivity (Wildman–Crippen MR) is 123 cm³/mol. The highest BCUT2D eigenvalue weighted by Gasteiger charge is 2.46. The first kappa shape index (κ1) is 23.1. The van der Waals surface area contributed by atoms with E-state index in [1.165, 1.54) is 29.1 Å². The second-order valence-electron chi connectivity index (χ2n) is 8.84. The van der Waals surface area contributed by atoms with Crippen LogP contribution >= 0.6 is 0 Å². The van der Waals surface area contributed by atoms with Crippen LogP contribution in [0.25, 0.3) is 10.9 Å². The van der Waals surface area contributed by atoms with Gasteiger partial charge in [-0.3, -0.25) is 18.6 Å². The molecule has 14 heteroatoms. The fourth-order valence-corrected chi connectivity index (χ4v) is 5.41. The number of nitrogens with one attached hydrogen (secondary N) is 1.